The standard InChI is InChI=1S/C23H42N2O6/c1-15(2)20(28)30-13-18(26)11-25(12-19(27)14-31-21(29)16(3)4)17-9-22(5,6)24-23(7,8)10-17/h16-19,24,26-27H,1,9-14H2,2-8H3. The lowest BCUT2D eigenvalue weighted by atomic mass is 9.79. The summed E-state index contributed by atoms with van der Waals surface area (Å²) in [6.45, 7) is 17.3. The molecule has 0 aromatic heterocycles. The fraction of sp³-hybridized carbons (Fsp3) is 0.826. The van der Waals surface area contributed by atoms with Gasteiger partial charge >= 0.3 is 11.9 Å². The van der Waals surface area contributed by atoms with Gasteiger partial charge in [-0.25, -0.2) is 4.79 Å². The topological polar surface area (TPSA) is 108 Å². The second kappa shape index (κ2) is 11.4. The Hall–Kier alpha value is -1.48. The predicted octanol–water partition coefficient (Wildman–Crippen LogP) is 1.64. The van der Waals surface area contributed by atoms with Gasteiger partial charge < -0.3 is 25.0 Å². The third-order valence-corrected chi connectivity index (χ3v) is 5.22. The molecular formula is C23H42N2O6. The molecule has 0 radical (unpaired) electrons. The highest BCUT2D eigenvalue weighted by atomic mass is 16.5. The number of nitrogens with zero attached hydrogens (tertiary/aromatic N) is 1. The van der Waals surface area contributed by atoms with Crippen LogP contribution in [0.15, 0.2) is 12.2 Å². The maximum atomic E-state index is 11.7. The smallest absolute Gasteiger partial charge is 0.333 e. The number of ether oxygens (including phenoxy) is 2. The van der Waals surface area contributed by atoms with Crippen LogP contribution in [0.5, 0.6) is 0 Å². The molecule has 8 heteroatoms. The van der Waals surface area contributed by atoms with Crippen molar-refractivity contribution in [2.75, 3.05) is 26.3 Å². The third-order valence-electron chi connectivity index (χ3n) is 5.22. The van der Waals surface area contributed by atoms with Crippen molar-refractivity contribution in [3.8, 4) is 0 Å². The van der Waals surface area contributed by atoms with E-state index in [1.54, 1.807) is 20.8 Å². The van der Waals surface area contributed by atoms with Gasteiger partial charge in [0.1, 0.15) is 25.4 Å². The number of carbonyl (C=O) groups excluding carboxylic acids is 2. The van der Waals surface area contributed by atoms with E-state index in [-0.39, 0.29) is 60.9 Å². The van der Waals surface area contributed by atoms with Crippen LogP contribution in [0.25, 0.3) is 0 Å². The molecule has 0 amide bonds. The summed E-state index contributed by atoms with van der Waals surface area (Å²) in [5.74, 6) is -1.17. The first kappa shape index (κ1) is 27.6. The molecule has 1 aliphatic heterocycles. The van der Waals surface area contributed by atoms with Crippen LogP contribution in [0, 0.1) is 5.92 Å². The van der Waals surface area contributed by atoms with E-state index in [4.69, 9.17) is 9.47 Å². The number of nitrogens with one attached hydrogen (secondary N) is 1. The molecule has 1 heterocycles. The maximum Gasteiger partial charge on any atom is 0.333 e. The van der Waals surface area contributed by atoms with Gasteiger partial charge in [0.05, 0.1) is 5.92 Å². The molecule has 0 aromatic carbocycles. The van der Waals surface area contributed by atoms with Gasteiger partial charge in [-0.3, -0.25) is 9.69 Å². The third kappa shape index (κ3) is 10.1. The number of piperidine rings is 1. The van der Waals surface area contributed by atoms with E-state index in [1.165, 1.54) is 0 Å². The molecule has 1 aliphatic rings. The maximum absolute atomic E-state index is 11.7. The van der Waals surface area contributed by atoms with Gasteiger partial charge in [-0.05, 0) is 47.5 Å². The summed E-state index contributed by atoms with van der Waals surface area (Å²) in [4.78, 5) is 25.4. The Kier molecular flexibility index (Phi) is 10.1. The Labute approximate surface area is 187 Å². The highest BCUT2D eigenvalue weighted by Gasteiger charge is 2.40. The molecule has 0 aromatic rings. The molecule has 3 N–H and O–H groups in total. The molecule has 0 saturated carbocycles. The van der Waals surface area contributed by atoms with Crippen LogP contribution < -0.4 is 5.32 Å². The second-order valence-corrected chi connectivity index (χ2v) is 10.4. The Bertz CT molecular complexity index is 616. The molecule has 1 rings (SSSR count). The Morgan fingerprint density at radius 3 is 1.90 bits per heavy atom. The molecule has 31 heavy (non-hydrogen) atoms. The molecule has 0 bridgehead atoms. The van der Waals surface area contributed by atoms with Gasteiger partial charge in [0.25, 0.3) is 0 Å². The van der Waals surface area contributed by atoms with Gasteiger partial charge in [0.15, 0.2) is 0 Å². The summed E-state index contributed by atoms with van der Waals surface area (Å²) in [5, 5.41) is 24.7. The lowest BCUT2D eigenvalue weighted by Crippen LogP contribution is -2.63. The first-order valence-corrected chi connectivity index (χ1v) is 11.0. The van der Waals surface area contributed by atoms with Crippen LogP contribution in [-0.2, 0) is 19.1 Å². The lowest BCUT2D eigenvalue weighted by Gasteiger charge is -2.50. The summed E-state index contributed by atoms with van der Waals surface area (Å²) >= 11 is 0. The molecular weight excluding hydrogens is 400 g/mol. The first-order valence-electron chi connectivity index (χ1n) is 11.0. The largest absolute Gasteiger partial charge is 0.463 e. The Balaban J connectivity index is 2.87. The number of hydrogen-bond donors (Lipinski definition) is 3. The van der Waals surface area contributed by atoms with Crippen LogP contribution in [0.1, 0.15) is 61.3 Å². The zero-order valence-electron chi connectivity index (χ0n) is 20.2. The van der Waals surface area contributed by atoms with E-state index < -0.39 is 18.2 Å². The van der Waals surface area contributed by atoms with E-state index in [9.17, 15) is 19.8 Å². The van der Waals surface area contributed by atoms with Gasteiger partial charge in [-0.2, -0.15) is 0 Å². The van der Waals surface area contributed by atoms with Crippen molar-refractivity contribution < 1.29 is 29.3 Å². The lowest BCUT2D eigenvalue weighted by molar-refractivity contribution is -0.151. The summed E-state index contributed by atoms with van der Waals surface area (Å²) < 4.78 is 10.3. The van der Waals surface area contributed by atoms with Crippen LogP contribution in [0.4, 0.5) is 0 Å². The number of carbonyl (C=O) groups is 2. The van der Waals surface area contributed by atoms with Crippen LogP contribution in [-0.4, -0.2) is 82.7 Å². The fourth-order valence-electron chi connectivity index (χ4n) is 4.19. The van der Waals surface area contributed by atoms with Gasteiger partial charge in [0, 0.05) is 35.8 Å². The van der Waals surface area contributed by atoms with Crippen LogP contribution in [0.3, 0.4) is 0 Å². The Morgan fingerprint density at radius 2 is 1.48 bits per heavy atom. The fourth-order valence-corrected chi connectivity index (χ4v) is 4.19. The van der Waals surface area contributed by atoms with E-state index in [0.717, 1.165) is 12.8 Å². The van der Waals surface area contributed by atoms with Crippen molar-refractivity contribution in [2.24, 2.45) is 5.92 Å². The van der Waals surface area contributed by atoms with E-state index in [1.807, 2.05) is 4.90 Å². The van der Waals surface area contributed by atoms with E-state index in [0.29, 0.717) is 0 Å². The molecule has 8 nitrogen and oxygen atoms in total. The van der Waals surface area contributed by atoms with Gasteiger partial charge in [-0.1, -0.05) is 20.4 Å². The quantitative estimate of drug-likeness (QED) is 0.327. The molecule has 1 saturated heterocycles. The second-order valence-electron chi connectivity index (χ2n) is 10.4. The number of esters is 2. The normalized spacial score (nSPS) is 20.4. The molecule has 0 spiro atoms. The highest BCUT2D eigenvalue weighted by molar-refractivity contribution is 5.86. The number of aliphatic hydroxyl groups excluding tert-OH is 2. The van der Waals surface area contributed by atoms with Gasteiger partial charge in [0.2, 0.25) is 0 Å². The molecule has 0 aliphatic carbocycles. The minimum absolute atomic E-state index is 0.0770. The predicted molar refractivity (Wildman–Crippen MR) is 119 cm³/mol. The van der Waals surface area contributed by atoms with Crippen molar-refractivity contribution in [1.82, 2.24) is 10.2 Å². The number of aliphatic hydroxyl groups is 2. The SMILES string of the molecule is C=C(C)C(=O)OCC(O)CN(CC(O)COC(=O)C(C)C)C1CC(C)(C)NC(C)(C)C1. The molecule has 2 unspecified atom stereocenters. The van der Waals surface area contributed by atoms with Crippen LogP contribution in [0.2, 0.25) is 0 Å². The van der Waals surface area contributed by atoms with Crippen molar-refractivity contribution in [2.45, 2.75) is 90.6 Å². The molecule has 2 atom stereocenters. The average Bonchev–Trinajstić information content (AvgIpc) is 2.60. The molecule has 1 fully saturated rings. The van der Waals surface area contributed by atoms with Crippen molar-refractivity contribution in [1.29, 1.82) is 0 Å². The van der Waals surface area contributed by atoms with Crippen LogP contribution >= 0.6 is 0 Å². The summed E-state index contributed by atoms with van der Waals surface area (Å²) in [7, 11) is 0. The summed E-state index contributed by atoms with van der Waals surface area (Å²) in [6.07, 6.45) is -0.191. The Morgan fingerprint density at radius 1 is 1.03 bits per heavy atom. The zero-order valence-corrected chi connectivity index (χ0v) is 20.2. The highest BCUT2D eigenvalue weighted by Crippen LogP contribution is 2.31. The van der Waals surface area contributed by atoms with Crippen molar-refractivity contribution >= 4 is 11.9 Å². The average molecular weight is 443 g/mol. The number of rotatable bonds is 11. The minimum atomic E-state index is -0.921. The number of hydrogen-bond acceptors (Lipinski definition) is 8. The van der Waals surface area contributed by atoms with E-state index in [2.05, 4.69) is 39.6 Å². The van der Waals surface area contributed by atoms with Crippen molar-refractivity contribution in [3.63, 3.8) is 0 Å². The minimum Gasteiger partial charge on any atom is -0.463 e. The van der Waals surface area contributed by atoms with Crippen molar-refractivity contribution in [3.05, 3.63) is 12.2 Å². The zero-order chi connectivity index (χ0) is 24.0. The summed E-state index contributed by atoms with van der Waals surface area (Å²) in [5.41, 5.74) is 0.0158. The molecule has 180 valence electrons. The first-order chi connectivity index (χ1) is 14.1. The van der Waals surface area contributed by atoms with Gasteiger partial charge in [-0.15, -0.1) is 0 Å². The monoisotopic (exact) mass is 442 g/mol. The van der Waals surface area contributed by atoms with E-state index >= 15 is 0 Å². The summed E-state index contributed by atoms with van der Waals surface area (Å²) in [6, 6.07) is 0.0770.